The van der Waals surface area contributed by atoms with Crippen LogP contribution >= 0.6 is 0 Å². The van der Waals surface area contributed by atoms with E-state index in [1.165, 1.54) is 25.9 Å². The molecule has 2 aliphatic heterocycles. The van der Waals surface area contributed by atoms with Crippen molar-refractivity contribution in [1.29, 1.82) is 0 Å². The lowest BCUT2D eigenvalue weighted by Gasteiger charge is -2.21. The van der Waals surface area contributed by atoms with Gasteiger partial charge in [-0.05, 0) is 82.1 Å². The number of ether oxygens (including phenoxy) is 1. The minimum atomic E-state index is 0.101. The van der Waals surface area contributed by atoms with E-state index in [9.17, 15) is 4.79 Å². The van der Waals surface area contributed by atoms with Crippen LogP contribution in [0.1, 0.15) is 62.4 Å². The Morgan fingerprint density at radius 2 is 1.65 bits per heavy atom. The van der Waals surface area contributed by atoms with E-state index < -0.39 is 0 Å². The molecule has 3 aromatic rings. The van der Waals surface area contributed by atoms with E-state index in [1.54, 1.807) is 6.20 Å². The highest BCUT2D eigenvalue weighted by atomic mass is 16.5. The highest BCUT2D eigenvalue weighted by Crippen LogP contribution is 2.28. The third kappa shape index (κ3) is 8.05. The molecular weight excluding hydrogens is 460 g/mol. The van der Waals surface area contributed by atoms with E-state index in [4.69, 9.17) is 10.5 Å². The fourth-order valence-corrected chi connectivity index (χ4v) is 4.55. The van der Waals surface area contributed by atoms with Crippen molar-refractivity contribution in [2.45, 2.75) is 59.1 Å². The molecule has 0 spiro atoms. The summed E-state index contributed by atoms with van der Waals surface area (Å²) < 4.78 is 5.88. The summed E-state index contributed by atoms with van der Waals surface area (Å²) in [4.78, 5) is 21.3. The Morgan fingerprint density at radius 3 is 2.22 bits per heavy atom. The van der Waals surface area contributed by atoms with Crippen LogP contribution in [0.4, 0.5) is 5.82 Å². The van der Waals surface area contributed by atoms with Gasteiger partial charge in [0.15, 0.2) is 11.6 Å². The first-order valence-corrected chi connectivity index (χ1v) is 13.5. The molecule has 2 N–H and O–H groups in total. The first kappa shape index (κ1) is 28.2. The fourth-order valence-electron chi connectivity index (χ4n) is 4.55. The Morgan fingerprint density at radius 1 is 0.973 bits per heavy atom. The van der Waals surface area contributed by atoms with Crippen LogP contribution in [-0.2, 0) is 6.61 Å². The predicted molar refractivity (Wildman–Crippen MR) is 153 cm³/mol. The summed E-state index contributed by atoms with van der Waals surface area (Å²) in [5.41, 5.74) is 9.64. The number of nitrogen functional groups attached to an aromatic ring is 1. The zero-order chi connectivity index (χ0) is 26.6. The third-order valence-corrected chi connectivity index (χ3v) is 6.73. The molecule has 6 heteroatoms. The van der Waals surface area contributed by atoms with Crippen molar-refractivity contribution >= 4 is 11.7 Å². The number of anilines is 1. The van der Waals surface area contributed by atoms with Gasteiger partial charge in [0, 0.05) is 29.9 Å². The molecule has 0 aliphatic carbocycles. The SMILES string of the molecule is CC.CC1CCCN1C(=O)c1ccc(-c2cnc(N)c(OCc3ccccc3)c2)cc1.CN1CCCC1. The maximum atomic E-state index is 12.7. The van der Waals surface area contributed by atoms with Crippen molar-refractivity contribution < 1.29 is 9.53 Å². The van der Waals surface area contributed by atoms with Gasteiger partial charge in [-0.3, -0.25) is 4.79 Å². The van der Waals surface area contributed by atoms with Gasteiger partial charge in [-0.2, -0.15) is 0 Å². The Labute approximate surface area is 222 Å². The fraction of sp³-hybridized carbons (Fsp3) is 0.419. The molecule has 0 bridgehead atoms. The van der Waals surface area contributed by atoms with Crippen molar-refractivity contribution in [2.24, 2.45) is 0 Å². The van der Waals surface area contributed by atoms with Crippen LogP contribution in [-0.4, -0.2) is 53.4 Å². The lowest BCUT2D eigenvalue weighted by atomic mass is 10.0. The van der Waals surface area contributed by atoms with E-state index >= 15 is 0 Å². The number of nitrogens with two attached hydrogens (primary N) is 1. The van der Waals surface area contributed by atoms with Crippen LogP contribution in [0.5, 0.6) is 5.75 Å². The van der Waals surface area contributed by atoms with Crippen molar-refractivity contribution in [2.75, 3.05) is 32.4 Å². The lowest BCUT2D eigenvalue weighted by Crippen LogP contribution is -2.33. The topological polar surface area (TPSA) is 71.7 Å². The van der Waals surface area contributed by atoms with Gasteiger partial charge in [-0.1, -0.05) is 56.3 Å². The van der Waals surface area contributed by atoms with Gasteiger partial charge in [-0.15, -0.1) is 0 Å². The van der Waals surface area contributed by atoms with Crippen LogP contribution in [0.2, 0.25) is 0 Å². The molecule has 3 heterocycles. The molecule has 0 radical (unpaired) electrons. The zero-order valence-corrected chi connectivity index (χ0v) is 22.8. The monoisotopic (exact) mass is 502 g/mol. The number of amides is 1. The molecule has 5 rings (SSSR count). The van der Waals surface area contributed by atoms with Gasteiger partial charge in [0.1, 0.15) is 6.61 Å². The molecule has 2 fully saturated rings. The smallest absolute Gasteiger partial charge is 0.254 e. The molecule has 0 saturated carbocycles. The molecule has 1 amide bonds. The van der Waals surface area contributed by atoms with Gasteiger partial charge in [-0.25, -0.2) is 4.98 Å². The van der Waals surface area contributed by atoms with Crippen LogP contribution in [0.25, 0.3) is 11.1 Å². The minimum absolute atomic E-state index is 0.101. The molecule has 198 valence electrons. The Bertz CT molecular complexity index is 1100. The summed E-state index contributed by atoms with van der Waals surface area (Å²) >= 11 is 0. The van der Waals surface area contributed by atoms with E-state index in [0.29, 0.717) is 29.8 Å². The van der Waals surface area contributed by atoms with Crippen molar-refractivity contribution in [3.63, 3.8) is 0 Å². The molecule has 2 aliphatic rings. The second-order valence-electron chi connectivity index (χ2n) is 9.46. The summed E-state index contributed by atoms with van der Waals surface area (Å²) in [6.45, 7) is 10.0. The largest absolute Gasteiger partial charge is 0.485 e. The number of hydrogen-bond acceptors (Lipinski definition) is 5. The second kappa shape index (κ2) is 14.4. The standard InChI is InChI=1S/C24H25N3O2.C5H11N.C2H6/c1-17-6-5-13-27(17)24(28)20-11-9-19(10-12-20)21-14-22(23(25)26-15-21)29-16-18-7-3-2-4-8-18;1-6-4-2-3-5-6;1-2/h2-4,7-12,14-15,17H,5-6,13,16H2,1H3,(H2,25,26);2-5H2,1H3;1-2H3. The molecule has 6 nitrogen and oxygen atoms in total. The van der Waals surface area contributed by atoms with Gasteiger partial charge in [0.25, 0.3) is 5.91 Å². The molecule has 2 saturated heterocycles. The first-order valence-electron chi connectivity index (χ1n) is 13.5. The molecular formula is C31H42N4O2. The summed E-state index contributed by atoms with van der Waals surface area (Å²) in [6, 6.07) is 19.8. The molecule has 1 atom stereocenters. The number of carbonyl (C=O) groups is 1. The van der Waals surface area contributed by atoms with Crippen LogP contribution < -0.4 is 10.5 Å². The summed E-state index contributed by atoms with van der Waals surface area (Å²) in [7, 11) is 2.17. The number of likely N-dealkylation sites (tertiary alicyclic amines) is 2. The van der Waals surface area contributed by atoms with Crippen molar-refractivity contribution in [3.8, 4) is 16.9 Å². The minimum Gasteiger partial charge on any atom is -0.485 e. The highest BCUT2D eigenvalue weighted by molar-refractivity contribution is 5.95. The van der Waals surface area contributed by atoms with E-state index in [0.717, 1.165) is 36.1 Å². The van der Waals surface area contributed by atoms with E-state index in [1.807, 2.05) is 79.4 Å². The number of hydrogen-bond donors (Lipinski definition) is 1. The number of benzene rings is 2. The molecule has 37 heavy (non-hydrogen) atoms. The van der Waals surface area contributed by atoms with E-state index in [2.05, 4.69) is 23.9 Å². The number of rotatable bonds is 5. The Hall–Kier alpha value is -3.38. The summed E-state index contributed by atoms with van der Waals surface area (Å²) in [6.07, 6.45) is 6.71. The van der Waals surface area contributed by atoms with Crippen molar-refractivity contribution in [3.05, 3.63) is 78.0 Å². The molecule has 1 unspecified atom stereocenters. The predicted octanol–water partition coefficient (Wildman–Crippen LogP) is 6.27. The number of aromatic nitrogens is 1. The number of carbonyl (C=O) groups excluding carboxylic acids is 1. The second-order valence-corrected chi connectivity index (χ2v) is 9.46. The maximum absolute atomic E-state index is 12.7. The van der Waals surface area contributed by atoms with Gasteiger partial charge in [0.2, 0.25) is 0 Å². The number of nitrogens with zero attached hydrogens (tertiary/aromatic N) is 3. The van der Waals surface area contributed by atoms with E-state index in [-0.39, 0.29) is 5.91 Å². The lowest BCUT2D eigenvalue weighted by molar-refractivity contribution is 0.0747. The first-order chi connectivity index (χ1) is 18.0. The van der Waals surface area contributed by atoms with Crippen LogP contribution in [0.3, 0.4) is 0 Å². The number of pyridine rings is 1. The van der Waals surface area contributed by atoms with Crippen LogP contribution in [0, 0.1) is 0 Å². The quantitative estimate of drug-likeness (QED) is 0.445. The van der Waals surface area contributed by atoms with Crippen molar-refractivity contribution in [1.82, 2.24) is 14.8 Å². The average Bonchev–Trinajstić information content (AvgIpc) is 3.60. The van der Waals surface area contributed by atoms with Crippen LogP contribution in [0.15, 0.2) is 66.9 Å². The normalized spacial score (nSPS) is 16.9. The van der Waals surface area contributed by atoms with Gasteiger partial charge in [0.05, 0.1) is 0 Å². The summed E-state index contributed by atoms with van der Waals surface area (Å²) in [5, 5.41) is 0. The van der Waals surface area contributed by atoms with Gasteiger partial charge < -0.3 is 20.3 Å². The molecule has 1 aromatic heterocycles. The maximum Gasteiger partial charge on any atom is 0.254 e. The zero-order valence-electron chi connectivity index (χ0n) is 22.8. The average molecular weight is 503 g/mol. The van der Waals surface area contributed by atoms with Gasteiger partial charge >= 0.3 is 0 Å². The highest BCUT2D eigenvalue weighted by Gasteiger charge is 2.25. The Kier molecular flexibility index (Phi) is 11.0. The summed E-state index contributed by atoms with van der Waals surface area (Å²) in [5.74, 6) is 1.01. The molecule has 2 aromatic carbocycles. The Balaban J connectivity index is 0.000000412. The third-order valence-electron chi connectivity index (χ3n) is 6.73.